The number of hydrogen-bond donors (Lipinski definition) is 1. The Labute approximate surface area is 108 Å². The van der Waals surface area contributed by atoms with E-state index in [0.29, 0.717) is 24.9 Å². The van der Waals surface area contributed by atoms with E-state index in [9.17, 15) is 9.59 Å². The van der Waals surface area contributed by atoms with E-state index < -0.39 is 11.9 Å². The van der Waals surface area contributed by atoms with Gasteiger partial charge in [0.05, 0.1) is 5.92 Å². The van der Waals surface area contributed by atoms with E-state index in [1.165, 1.54) is 25.7 Å². The van der Waals surface area contributed by atoms with E-state index in [1.807, 2.05) is 6.92 Å². The summed E-state index contributed by atoms with van der Waals surface area (Å²) in [7, 11) is 0. The summed E-state index contributed by atoms with van der Waals surface area (Å²) in [5.74, 6) is 0.293. The molecule has 0 heterocycles. The molecule has 1 N–H and O–H groups in total. The molecule has 2 saturated carbocycles. The van der Waals surface area contributed by atoms with E-state index in [4.69, 9.17) is 5.11 Å². The van der Waals surface area contributed by atoms with Crippen molar-refractivity contribution in [2.45, 2.75) is 39.5 Å². The second-order valence-corrected chi connectivity index (χ2v) is 5.75. The molecule has 0 bridgehead atoms. The van der Waals surface area contributed by atoms with Gasteiger partial charge in [0.2, 0.25) is 5.91 Å². The molecule has 3 atom stereocenters. The molecule has 2 aliphatic carbocycles. The summed E-state index contributed by atoms with van der Waals surface area (Å²) < 4.78 is 0. The third-order valence-corrected chi connectivity index (χ3v) is 4.55. The molecule has 4 heteroatoms. The fourth-order valence-corrected chi connectivity index (χ4v) is 3.35. The first-order chi connectivity index (χ1) is 8.56. The van der Waals surface area contributed by atoms with Crippen LogP contribution in [0.1, 0.15) is 39.5 Å². The van der Waals surface area contributed by atoms with Gasteiger partial charge in [-0.15, -0.1) is 0 Å². The topological polar surface area (TPSA) is 57.6 Å². The van der Waals surface area contributed by atoms with Crippen molar-refractivity contribution in [1.82, 2.24) is 4.90 Å². The van der Waals surface area contributed by atoms with Crippen LogP contribution in [0.15, 0.2) is 0 Å². The molecular formula is C14H23NO3. The molecule has 2 aliphatic rings. The lowest BCUT2D eigenvalue weighted by Gasteiger charge is -2.23. The average Bonchev–Trinajstić information content (AvgIpc) is 3.08. The predicted molar refractivity (Wildman–Crippen MR) is 68.0 cm³/mol. The number of hydrogen-bond acceptors (Lipinski definition) is 2. The number of fused-ring (bicyclic) bond motifs is 1. The Morgan fingerprint density at radius 2 is 1.83 bits per heavy atom. The number of carboxylic acids is 1. The Bertz CT molecular complexity index is 330. The number of rotatable bonds is 5. The molecular weight excluding hydrogens is 230 g/mol. The minimum absolute atomic E-state index is 0.197. The van der Waals surface area contributed by atoms with E-state index in [-0.39, 0.29) is 11.8 Å². The molecule has 0 saturated heterocycles. The van der Waals surface area contributed by atoms with Gasteiger partial charge in [-0.1, -0.05) is 19.8 Å². The summed E-state index contributed by atoms with van der Waals surface area (Å²) in [5.41, 5.74) is 0. The average molecular weight is 253 g/mol. The largest absolute Gasteiger partial charge is 0.481 e. The normalized spacial score (nSPS) is 31.3. The van der Waals surface area contributed by atoms with Crippen LogP contribution in [0, 0.1) is 23.7 Å². The molecule has 3 unspecified atom stereocenters. The Morgan fingerprint density at radius 3 is 2.28 bits per heavy atom. The van der Waals surface area contributed by atoms with Crippen molar-refractivity contribution < 1.29 is 14.7 Å². The molecule has 2 fully saturated rings. The van der Waals surface area contributed by atoms with Crippen LogP contribution in [-0.4, -0.2) is 35.0 Å². The zero-order chi connectivity index (χ0) is 13.3. The van der Waals surface area contributed by atoms with Gasteiger partial charge >= 0.3 is 5.97 Å². The second kappa shape index (κ2) is 5.29. The number of nitrogens with zero attached hydrogens (tertiary/aromatic N) is 1. The molecule has 0 aromatic heterocycles. The lowest BCUT2D eigenvalue weighted by molar-refractivity contribution is -0.143. The first-order valence-corrected chi connectivity index (χ1v) is 7.07. The van der Waals surface area contributed by atoms with Crippen molar-refractivity contribution in [3.8, 4) is 0 Å². The molecule has 0 aromatic carbocycles. The van der Waals surface area contributed by atoms with Gasteiger partial charge in [0.15, 0.2) is 0 Å². The van der Waals surface area contributed by atoms with Crippen LogP contribution < -0.4 is 0 Å². The van der Waals surface area contributed by atoms with Crippen LogP contribution in [0.25, 0.3) is 0 Å². The molecule has 0 spiro atoms. The van der Waals surface area contributed by atoms with Crippen molar-refractivity contribution in [1.29, 1.82) is 0 Å². The Hall–Kier alpha value is -1.06. The number of carbonyl (C=O) groups excluding carboxylic acids is 1. The molecule has 4 nitrogen and oxygen atoms in total. The van der Waals surface area contributed by atoms with Gasteiger partial charge in [-0.3, -0.25) is 9.59 Å². The minimum atomic E-state index is -0.825. The Morgan fingerprint density at radius 1 is 1.28 bits per heavy atom. The first kappa shape index (κ1) is 13.4. The molecule has 1 amide bonds. The van der Waals surface area contributed by atoms with Crippen molar-refractivity contribution in [2.24, 2.45) is 23.7 Å². The predicted octanol–water partition coefficient (Wildman–Crippen LogP) is 1.99. The van der Waals surface area contributed by atoms with Crippen molar-refractivity contribution >= 4 is 11.9 Å². The van der Waals surface area contributed by atoms with Gasteiger partial charge in [0, 0.05) is 19.0 Å². The maximum atomic E-state index is 12.4. The highest BCUT2D eigenvalue weighted by Gasteiger charge is 2.55. The van der Waals surface area contributed by atoms with Crippen LogP contribution in [0.2, 0.25) is 0 Å². The summed E-state index contributed by atoms with van der Waals surface area (Å²) in [6.07, 6.45) is 4.88. The standard InChI is InChI=1S/C14H23NO3/c1-3-15(8-9(2)14(17)18)13(16)12-10-6-4-5-7-11(10)12/h9-12H,3-8H2,1-2H3,(H,17,18). The SMILES string of the molecule is CCN(CC(C)C(=O)O)C(=O)C1C2CCCCC21. The Kier molecular flexibility index (Phi) is 3.93. The molecule has 18 heavy (non-hydrogen) atoms. The summed E-state index contributed by atoms with van der Waals surface area (Å²) >= 11 is 0. The molecule has 0 aromatic rings. The summed E-state index contributed by atoms with van der Waals surface area (Å²) in [5, 5.41) is 8.93. The van der Waals surface area contributed by atoms with Gasteiger partial charge in [-0.05, 0) is 31.6 Å². The molecule has 0 radical (unpaired) electrons. The lowest BCUT2D eigenvalue weighted by atomic mass is 10.0. The summed E-state index contributed by atoms with van der Waals surface area (Å²) in [6.45, 7) is 4.56. The van der Waals surface area contributed by atoms with Gasteiger partial charge < -0.3 is 10.0 Å². The highest BCUT2D eigenvalue weighted by atomic mass is 16.4. The molecule has 2 rings (SSSR count). The van der Waals surface area contributed by atoms with E-state index in [2.05, 4.69) is 0 Å². The first-order valence-electron chi connectivity index (χ1n) is 7.07. The monoisotopic (exact) mass is 253 g/mol. The summed E-state index contributed by atoms with van der Waals surface area (Å²) in [6, 6.07) is 0. The highest BCUT2D eigenvalue weighted by molar-refractivity contribution is 5.83. The van der Waals surface area contributed by atoms with E-state index in [1.54, 1.807) is 11.8 Å². The third kappa shape index (κ3) is 2.52. The van der Waals surface area contributed by atoms with Gasteiger partial charge in [0.1, 0.15) is 0 Å². The number of carbonyl (C=O) groups is 2. The van der Waals surface area contributed by atoms with Crippen molar-refractivity contribution in [3.05, 3.63) is 0 Å². The number of carboxylic acid groups (broad SMARTS) is 1. The fourth-order valence-electron chi connectivity index (χ4n) is 3.35. The smallest absolute Gasteiger partial charge is 0.308 e. The maximum absolute atomic E-state index is 12.4. The Balaban J connectivity index is 1.92. The molecule has 0 aliphatic heterocycles. The van der Waals surface area contributed by atoms with E-state index >= 15 is 0 Å². The van der Waals surface area contributed by atoms with Gasteiger partial charge in [0.25, 0.3) is 0 Å². The van der Waals surface area contributed by atoms with Crippen LogP contribution in [0.5, 0.6) is 0 Å². The highest BCUT2D eigenvalue weighted by Crippen LogP contribution is 2.56. The lowest BCUT2D eigenvalue weighted by Crippen LogP contribution is -2.38. The van der Waals surface area contributed by atoms with Crippen molar-refractivity contribution in [2.75, 3.05) is 13.1 Å². The quantitative estimate of drug-likeness (QED) is 0.815. The number of amides is 1. The number of aliphatic carboxylic acids is 1. The van der Waals surface area contributed by atoms with Gasteiger partial charge in [-0.25, -0.2) is 0 Å². The van der Waals surface area contributed by atoms with Crippen LogP contribution >= 0.6 is 0 Å². The van der Waals surface area contributed by atoms with E-state index in [0.717, 1.165) is 0 Å². The van der Waals surface area contributed by atoms with Crippen molar-refractivity contribution in [3.63, 3.8) is 0 Å². The van der Waals surface area contributed by atoms with Crippen LogP contribution in [-0.2, 0) is 9.59 Å². The molecule has 102 valence electrons. The summed E-state index contributed by atoms with van der Waals surface area (Å²) in [4.78, 5) is 25.0. The fraction of sp³-hybridized carbons (Fsp3) is 0.857. The van der Waals surface area contributed by atoms with Crippen LogP contribution in [0.4, 0.5) is 0 Å². The zero-order valence-corrected chi connectivity index (χ0v) is 11.3. The minimum Gasteiger partial charge on any atom is -0.481 e. The maximum Gasteiger partial charge on any atom is 0.308 e. The zero-order valence-electron chi connectivity index (χ0n) is 11.3. The second-order valence-electron chi connectivity index (χ2n) is 5.75. The van der Waals surface area contributed by atoms with Gasteiger partial charge in [-0.2, -0.15) is 0 Å². The third-order valence-electron chi connectivity index (χ3n) is 4.55. The van der Waals surface area contributed by atoms with Crippen LogP contribution in [0.3, 0.4) is 0 Å².